The summed E-state index contributed by atoms with van der Waals surface area (Å²) >= 11 is 0. The Labute approximate surface area is 99.5 Å². The lowest BCUT2D eigenvalue weighted by atomic mass is 10.1. The lowest BCUT2D eigenvalue weighted by Gasteiger charge is -2.11. The van der Waals surface area contributed by atoms with Gasteiger partial charge in [-0.1, -0.05) is 0 Å². The Morgan fingerprint density at radius 3 is 2.29 bits per heavy atom. The molecule has 0 atom stereocenters. The fourth-order valence-corrected chi connectivity index (χ4v) is 1.75. The molecular weight excluding hydrogens is 248 g/mol. The fraction of sp³-hybridized carbons (Fsp3) is 0.778. The number of carbonyl (C=O) groups excluding carboxylic acids is 1. The maximum Gasteiger partial charge on any atom is 0.314 e. The van der Waals surface area contributed by atoms with Crippen LogP contribution in [0.3, 0.4) is 0 Å². The normalized spacial score (nSPS) is 17.2. The quantitative estimate of drug-likeness (QED) is 0.581. The molecule has 0 aliphatic heterocycles. The number of carboxylic acids is 1. The molecule has 17 heavy (non-hydrogen) atoms. The van der Waals surface area contributed by atoms with Crippen LogP contribution in [0.25, 0.3) is 0 Å². The summed E-state index contributed by atoms with van der Waals surface area (Å²) in [7, 11) is -3.10. The second-order valence-electron chi connectivity index (χ2n) is 4.32. The first-order valence-electron chi connectivity index (χ1n) is 5.18. The Bertz CT molecular complexity index is 413. The van der Waals surface area contributed by atoms with Crippen molar-refractivity contribution >= 4 is 21.8 Å². The van der Waals surface area contributed by atoms with E-state index >= 15 is 0 Å². The SMILES string of the molecule is CS(=O)(=O)CCNC(=O)NCC1(C(=O)O)CC1. The van der Waals surface area contributed by atoms with Crippen molar-refractivity contribution in [1.29, 1.82) is 0 Å². The Morgan fingerprint density at radius 2 is 1.88 bits per heavy atom. The molecule has 0 saturated heterocycles. The Morgan fingerprint density at radius 1 is 1.29 bits per heavy atom. The predicted octanol–water partition coefficient (Wildman–Crippen LogP) is -0.805. The molecular formula is C9H16N2O5S. The van der Waals surface area contributed by atoms with Crippen LogP contribution in [0.5, 0.6) is 0 Å². The summed E-state index contributed by atoms with van der Waals surface area (Å²) in [4.78, 5) is 22.0. The first-order valence-corrected chi connectivity index (χ1v) is 7.24. The Hall–Kier alpha value is -1.31. The topological polar surface area (TPSA) is 113 Å². The van der Waals surface area contributed by atoms with Gasteiger partial charge in [-0.2, -0.15) is 0 Å². The zero-order valence-corrected chi connectivity index (χ0v) is 10.3. The highest BCUT2D eigenvalue weighted by molar-refractivity contribution is 7.90. The molecule has 1 saturated carbocycles. The first-order chi connectivity index (χ1) is 7.75. The van der Waals surface area contributed by atoms with Crippen molar-refractivity contribution in [3.8, 4) is 0 Å². The summed E-state index contributed by atoms with van der Waals surface area (Å²) in [6, 6.07) is -0.541. The van der Waals surface area contributed by atoms with Crippen LogP contribution in [0.4, 0.5) is 4.79 Å². The molecule has 3 N–H and O–H groups in total. The molecule has 0 heterocycles. The van der Waals surface area contributed by atoms with E-state index < -0.39 is 27.3 Å². The van der Waals surface area contributed by atoms with Crippen molar-refractivity contribution in [2.45, 2.75) is 12.8 Å². The van der Waals surface area contributed by atoms with Crippen molar-refractivity contribution < 1.29 is 23.1 Å². The predicted molar refractivity (Wildman–Crippen MR) is 60.4 cm³/mol. The van der Waals surface area contributed by atoms with Gasteiger partial charge in [0.15, 0.2) is 0 Å². The van der Waals surface area contributed by atoms with E-state index in [0.29, 0.717) is 12.8 Å². The zero-order valence-electron chi connectivity index (χ0n) is 9.52. The van der Waals surface area contributed by atoms with E-state index in [1.807, 2.05) is 0 Å². The van der Waals surface area contributed by atoms with Gasteiger partial charge in [-0.25, -0.2) is 13.2 Å². The maximum atomic E-state index is 11.2. The second kappa shape index (κ2) is 4.91. The molecule has 0 aromatic carbocycles. The van der Waals surface area contributed by atoms with Gasteiger partial charge in [-0.05, 0) is 12.8 Å². The van der Waals surface area contributed by atoms with Gasteiger partial charge >= 0.3 is 12.0 Å². The first kappa shape index (κ1) is 13.8. The van der Waals surface area contributed by atoms with Crippen molar-refractivity contribution in [3.05, 3.63) is 0 Å². The van der Waals surface area contributed by atoms with E-state index in [9.17, 15) is 18.0 Å². The molecule has 0 radical (unpaired) electrons. The average Bonchev–Trinajstić information content (AvgIpc) is 2.93. The number of carboxylic acid groups (broad SMARTS) is 1. The van der Waals surface area contributed by atoms with E-state index in [4.69, 9.17) is 5.11 Å². The van der Waals surface area contributed by atoms with E-state index in [0.717, 1.165) is 6.26 Å². The molecule has 1 aliphatic carbocycles. The number of carbonyl (C=O) groups is 2. The van der Waals surface area contributed by atoms with E-state index in [1.165, 1.54) is 0 Å². The van der Waals surface area contributed by atoms with Crippen molar-refractivity contribution in [1.82, 2.24) is 10.6 Å². The minimum Gasteiger partial charge on any atom is -0.481 e. The maximum absolute atomic E-state index is 11.2. The van der Waals surface area contributed by atoms with Gasteiger partial charge in [-0.15, -0.1) is 0 Å². The molecule has 1 fully saturated rings. The van der Waals surface area contributed by atoms with Gasteiger partial charge in [0.2, 0.25) is 0 Å². The van der Waals surface area contributed by atoms with Crippen LogP contribution in [-0.2, 0) is 14.6 Å². The number of hydrogen-bond donors (Lipinski definition) is 3. The molecule has 7 nitrogen and oxygen atoms in total. The highest BCUT2D eigenvalue weighted by Crippen LogP contribution is 2.45. The van der Waals surface area contributed by atoms with Gasteiger partial charge in [0.1, 0.15) is 9.84 Å². The summed E-state index contributed by atoms with van der Waals surface area (Å²) < 4.78 is 21.6. The summed E-state index contributed by atoms with van der Waals surface area (Å²) in [6.07, 6.45) is 2.20. The van der Waals surface area contributed by atoms with Crippen molar-refractivity contribution in [2.24, 2.45) is 5.41 Å². The number of rotatable bonds is 6. The van der Waals surface area contributed by atoms with E-state index in [2.05, 4.69) is 10.6 Å². The van der Waals surface area contributed by atoms with Gasteiger partial charge in [0, 0.05) is 19.3 Å². The van der Waals surface area contributed by atoms with Gasteiger partial charge < -0.3 is 15.7 Å². The standard InChI is InChI=1S/C9H16N2O5S/c1-17(15,16)5-4-10-8(14)11-6-9(2-3-9)7(12)13/h2-6H2,1H3,(H,12,13)(H2,10,11,14). The van der Waals surface area contributed by atoms with Crippen LogP contribution in [-0.4, -0.2) is 50.6 Å². The lowest BCUT2D eigenvalue weighted by molar-refractivity contribution is -0.143. The second-order valence-corrected chi connectivity index (χ2v) is 6.58. The third-order valence-corrected chi connectivity index (χ3v) is 3.60. The van der Waals surface area contributed by atoms with Crippen molar-refractivity contribution in [3.63, 3.8) is 0 Å². The fourth-order valence-electron chi connectivity index (χ4n) is 1.28. The average molecular weight is 264 g/mol. The third kappa shape index (κ3) is 4.59. The molecule has 0 bridgehead atoms. The molecule has 1 rings (SSSR count). The third-order valence-electron chi connectivity index (χ3n) is 2.65. The highest BCUT2D eigenvalue weighted by atomic mass is 32.2. The molecule has 0 spiro atoms. The summed E-state index contributed by atoms with van der Waals surface area (Å²) in [6.45, 7) is 0.0950. The lowest BCUT2D eigenvalue weighted by Crippen LogP contribution is -2.42. The number of sulfone groups is 1. The van der Waals surface area contributed by atoms with Crippen LogP contribution in [0.2, 0.25) is 0 Å². The Balaban J connectivity index is 2.20. The van der Waals surface area contributed by atoms with Crippen LogP contribution in [0.15, 0.2) is 0 Å². The Kier molecular flexibility index (Phi) is 3.97. The van der Waals surface area contributed by atoms with E-state index in [1.54, 1.807) is 0 Å². The smallest absolute Gasteiger partial charge is 0.314 e. The summed E-state index contributed by atoms with van der Waals surface area (Å²) in [5.41, 5.74) is -0.811. The molecule has 0 unspecified atom stereocenters. The minimum atomic E-state index is -3.10. The van der Waals surface area contributed by atoms with Crippen molar-refractivity contribution in [2.75, 3.05) is 25.1 Å². The largest absolute Gasteiger partial charge is 0.481 e. The molecule has 0 aromatic heterocycles. The molecule has 98 valence electrons. The van der Waals surface area contributed by atoms with Crippen LogP contribution < -0.4 is 10.6 Å². The highest BCUT2D eigenvalue weighted by Gasteiger charge is 2.50. The number of hydrogen-bond acceptors (Lipinski definition) is 4. The number of aliphatic carboxylic acids is 1. The minimum absolute atomic E-state index is 0.0186. The van der Waals surface area contributed by atoms with Crippen LogP contribution in [0.1, 0.15) is 12.8 Å². The van der Waals surface area contributed by atoms with Gasteiger partial charge in [0.05, 0.1) is 11.2 Å². The molecule has 8 heteroatoms. The van der Waals surface area contributed by atoms with Gasteiger partial charge in [-0.3, -0.25) is 4.79 Å². The number of nitrogens with one attached hydrogen (secondary N) is 2. The number of urea groups is 1. The van der Waals surface area contributed by atoms with E-state index in [-0.39, 0.29) is 18.8 Å². The number of amides is 2. The molecule has 0 aromatic rings. The summed E-state index contributed by atoms with van der Waals surface area (Å²) in [5, 5.41) is 13.6. The van der Waals surface area contributed by atoms with Crippen LogP contribution in [0, 0.1) is 5.41 Å². The summed E-state index contributed by atoms with van der Waals surface area (Å²) in [5.74, 6) is -1.04. The van der Waals surface area contributed by atoms with Crippen LogP contribution >= 0.6 is 0 Å². The molecule has 2 amide bonds. The van der Waals surface area contributed by atoms with Gasteiger partial charge in [0.25, 0.3) is 0 Å². The zero-order chi connectivity index (χ0) is 13.1. The molecule has 1 aliphatic rings. The monoisotopic (exact) mass is 264 g/mol.